The molecule has 1 saturated heterocycles. The summed E-state index contributed by atoms with van der Waals surface area (Å²) in [7, 11) is 0. The van der Waals surface area contributed by atoms with Gasteiger partial charge in [-0.15, -0.1) is 0 Å². The molecular weight excluding hydrogens is 280 g/mol. The molecule has 20 heavy (non-hydrogen) atoms. The Morgan fingerprint density at radius 3 is 2.85 bits per heavy atom. The lowest BCUT2D eigenvalue weighted by Crippen LogP contribution is -2.27. The van der Waals surface area contributed by atoms with E-state index in [0.717, 1.165) is 5.75 Å². The van der Waals surface area contributed by atoms with Gasteiger partial charge in [0.2, 0.25) is 5.91 Å². The van der Waals surface area contributed by atoms with Crippen LogP contribution < -0.4 is 5.32 Å². The summed E-state index contributed by atoms with van der Waals surface area (Å²) in [6, 6.07) is 6.05. The third-order valence-electron chi connectivity index (χ3n) is 2.85. The molecule has 106 valence electrons. The van der Waals surface area contributed by atoms with E-state index in [0.29, 0.717) is 18.8 Å². The van der Waals surface area contributed by atoms with E-state index < -0.39 is 5.97 Å². The maximum Gasteiger partial charge on any atom is 0.335 e. The number of aromatic carboxylic acids is 1. The van der Waals surface area contributed by atoms with Gasteiger partial charge in [0.15, 0.2) is 0 Å². The maximum atomic E-state index is 11.8. The van der Waals surface area contributed by atoms with Crippen molar-refractivity contribution in [1.82, 2.24) is 4.90 Å². The number of nitrogens with zero attached hydrogens (tertiary/aromatic N) is 1. The van der Waals surface area contributed by atoms with Gasteiger partial charge in [-0.05, 0) is 18.2 Å². The fourth-order valence-electron chi connectivity index (χ4n) is 1.82. The third kappa shape index (κ3) is 3.74. The van der Waals surface area contributed by atoms with Crippen molar-refractivity contribution in [1.29, 1.82) is 0 Å². The van der Waals surface area contributed by atoms with Gasteiger partial charge in [0.25, 0.3) is 5.24 Å². The van der Waals surface area contributed by atoms with Crippen molar-refractivity contribution in [3.05, 3.63) is 29.8 Å². The minimum absolute atomic E-state index is 0.00525. The van der Waals surface area contributed by atoms with Crippen LogP contribution in [0.3, 0.4) is 0 Å². The first-order valence-electron chi connectivity index (χ1n) is 6.11. The number of anilines is 1. The van der Waals surface area contributed by atoms with Gasteiger partial charge in [-0.1, -0.05) is 17.8 Å². The minimum atomic E-state index is -1.04. The molecule has 6 nitrogen and oxygen atoms in total. The SMILES string of the molecule is O=C(CCN1CCSC1=O)Nc1cccc(C(=O)O)c1. The predicted octanol–water partition coefficient (Wildman–Crippen LogP) is 1.88. The molecule has 1 aromatic rings. The van der Waals surface area contributed by atoms with Gasteiger partial charge in [0.1, 0.15) is 0 Å². The standard InChI is InChI=1S/C13H14N2O4S/c16-11(4-5-15-6-7-20-13(15)19)14-10-3-1-2-9(8-10)12(17)18/h1-3,8H,4-7H2,(H,14,16)(H,17,18). The summed E-state index contributed by atoms with van der Waals surface area (Å²) in [4.78, 5) is 35.6. The first-order chi connectivity index (χ1) is 9.56. The van der Waals surface area contributed by atoms with E-state index in [1.807, 2.05) is 0 Å². The molecule has 0 unspecified atom stereocenters. The molecule has 0 aromatic heterocycles. The van der Waals surface area contributed by atoms with Gasteiger partial charge in [-0.3, -0.25) is 9.59 Å². The van der Waals surface area contributed by atoms with E-state index in [9.17, 15) is 14.4 Å². The second kappa shape index (κ2) is 6.42. The Morgan fingerprint density at radius 1 is 1.40 bits per heavy atom. The van der Waals surface area contributed by atoms with E-state index in [-0.39, 0.29) is 23.1 Å². The number of carboxylic acid groups (broad SMARTS) is 1. The topological polar surface area (TPSA) is 86.7 Å². The van der Waals surface area contributed by atoms with Crippen LogP contribution in [-0.4, -0.2) is 46.0 Å². The lowest BCUT2D eigenvalue weighted by molar-refractivity contribution is -0.116. The van der Waals surface area contributed by atoms with Crippen molar-refractivity contribution in [3.63, 3.8) is 0 Å². The number of thioether (sulfide) groups is 1. The average molecular weight is 294 g/mol. The summed E-state index contributed by atoms with van der Waals surface area (Å²) in [5, 5.41) is 11.5. The Bertz CT molecular complexity index is 547. The monoisotopic (exact) mass is 294 g/mol. The van der Waals surface area contributed by atoms with Crippen LogP contribution in [0.5, 0.6) is 0 Å². The number of carbonyl (C=O) groups excluding carboxylic acids is 2. The van der Waals surface area contributed by atoms with Gasteiger partial charge in [0.05, 0.1) is 5.56 Å². The highest BCUT2D eigenvalue weighted by Gasteiger charge is 2.21. The van der Waals surface area contributed by atoms with Crippen molar-refractivity contribution in [2.75, 3.05) is 24.2 Å². The van der Waals surface area contributed by atoms with Crippen molar-refractivity contribution in [2.45, 2.75) is 6.42 Å². The van der Waals surface area contributed by atoms with Crippen molar-refractivity contribution >= 4 is 34.6 Å². The van der Waals surface area contributed by atoms with Crippen LogP contribution in [0.2, 0.25) is 0 Å². The summed E-state index contributed by atoms with van der Waals surface area (Å²) in [5.41, 5.74) is 0.561. The first kappa shape index (κ1) is 14.4. The van der Waals surface area contributed by atoms with Crippen LogP contribution >= 0.6 is 11.8 Å². The highest BCUT2D eigenvalue weighted by Crippen LogP contribution is 2.17. The average Bonchev–Trinajstić information content (AvgIpc) is 2.82. The molecule has 0 saturated carbocycles. The largest absolute Gasteiger partial charge is 0.478 e. The smallest absolute Gasteiger partial charge is 0.335 e. The summed E-state index contributed by atoms with van der Waals surface area (Å²) < 4.78 is 0. The predicted molar refractivity (Wildman–Crippen MR) is 76.1 cm³/mol. The molecule has 0 bridgehead atoms. The van der Waals surface area contributed by atoms with E-state index in [2.05, 4.69) is 5.32 Å². The fourth-order valence-corrected chi connectivity index (χ4v) is 2.67. The molecular formula is C13H14N2O4S. The van der Waals surface area contributed by atoms with E-state index in [1.165, 1.54) is 23.9 Å². The number of hydrogen-bond donors (Lipinski definition) is 2. The third-order valence-corrected chi connectivity index (χ3v) is 3.74. The van der Waals surface area contributed by atoms with Crippen LogP contribution in [0.4, 0.5) is 10.5 Å². The van der Waals surface area contributed by atoms with Gasteiger partial charge in [-0.25, -0.2) is 4.79 Å². The van der Waals surface area contributed by atoms with E-state index in [1.54, 1.807) is 17.0 Å². The Balaban J connectivity index is 1.86. The summed E-state index contributed by atoms with van der Waals surface area (Å²) >= 11 is 1.26. The molecule has 0 atom stereocenters. The molecule has 1 aliphatic rings. The molecule has 1 aromatic carbocycles. The molecule has 2 N–H and O–H groups in total. The second-order valence-electron chi connectivity index (χ2n) is 4.29. The molecule has 0 aliphatic carbocycles. The summed E-state index contributed by atoms with van der Waals surface area (Å²) in [6.45, 7) is 1.06. The molecule has 2 amide bonds. The van der Waals surface area contributed by atoms with Crippen LogP contribution in [0, 0.1) is 0 Å². The van der Waals surface area contributed by atoms with Crippen molar-refractivity contribution in [3.8, 4) is 0 Å². The fraction of sp³-hybridized carbons (Fsp3) is 0.308. The second-order valence-corrected chi connectivity index (χ2v) is 5.33. The number of carboxylic acids is 1. The molecule has 2 rings (SSSR count). The van der Waals surface area contributed by atoms with Gasteiger partial charge in [-0.2, -0.15) is 0 Å². The lowest BCUT2D eigenvalue weighted by atomic mass is 10.2. The maximum absolute atomic E-state index is 11.8. The zero-order valence-corrected chi connectivity index (χ0v) is 11.5. The van der Waals surface area contributed by atoms with E-state index >= 15 is 0 Å². The van der Waals surface area contributed by atoms with Crippen molar-refractivity contribution < 1.29 is 19.5 Å². The number of hydrogen-bond acceptors (Lipinski definition) is 4. The number of nitrogens with one attached hydrogen (secondary N) is 1. The Hall–Kier alpha value is -2.02. The minimum Gasteiger partial charge on any atom is -0.478 e. The van der Waals surface area contributed by atoms with Crippen LogP contribution in [-0.2, 0) is 4.79 Å². The molecule has 0 radical (unpaired) electrons. The van der Waals surface area contributed by atoms with Crippen LogP contribution in [0.25, 0.3) is 0 Å². The summed E-state index contributed by atoms with van der Waals surface area (Å²) in [5.74, 6) is -0.515. The van der Waals surface area contributed by atoms with Crippen molar-refractivity contribution in [2.24, 2.45) is 0 Å². The van der Waals surface area contributed by atoms with Gasteiger partial charge < -0.3 is 15.3 Å². The molecule has 1 heterocycles. The highest BCUT2D eigenvalue weighted by molar-refractivity contribution is 8.13. The Kier molecular flexibility index (Phi) is 4.62. The van der Waals surface area contributed by atoms with E-state index in [4.69, 9.17) is 5.11 Å². The zero-order valence-electron chi connectivity index (χ0n) is 10.7. The zero-order chi connectivity index (χ0) is 14.5. The normalized spacial score (nSPS) is 14.4. The molecule has 1 fully saturated rings. The van der Waals surface area contributed by atoms with Crippen LogP contribution in [0.1, 0.15) is 16.8 Å². The van der Waals surface area contributed by atoms with Gasteiger partial charge in [0, 0.05) is 31.0 Å². The van der Waals surface area contributed by atoms with Crippen LogP contribution in [0.15, 0.2) is 24.3 Å². The summed E-state index contributed by atoms with van der Waals surface area (Å²) in [6.07, 6.45) is 0.198. The van der Waals surface area contributed by atoms with Gasteiger partial charge >= 0.3 is 5.97 Å². The quantitative estimate of drug-likeness (QED) is 0.866. The molecule has 1 aliphatic heterocycles. The first-order valence-corrected chi connectivity index (χ1v) is 7.10. The molecule has 0 spiro atoms. The number of amides is 2. The number of benzene rings is 1. The Morgan fingerprint density at radius 2 is 2.20 bits per heavy atom. The lowest BCUT2D eigenvalue weighted by Gasteiger charge is -2.14. The Labute approximate surface area is 120 Å². The highest BCUT2D eigenvalue weighted by atomic mass is 32.2. The molecule has 7 heteroatoms. The number of rotatable bonds is 5. The number of carbonyl (C=O) groups is 3.